The van der Waals surface area contributed by atoms with Crippen LogP contribution >= 0.6 is 0 Å². The Bertz CT molecular complexity index is 101. The van der Waals surface area contributed by atoms with Crippen LogP contribution in [0, 0.1) is 5.41 Å². The molecule has 1 fully saturated rings. The first-order valence-corrected chi connectivity index (χ1v) is 3.52. The van der Waals surface area contributed by atoms with Gasteiger partial charge in [-0.1, -0.05) is 13.8 Å². The minimum Gasteiger partial charge on any atom is -0.392 e. The average Bonchev–Trinajstić information content (AvgIpc) is 1.77. The predicted octanol–water partition coefficient (Wildman–Crippen LogP) is 0.367. The first-order valence-electron chi connectivity index (χ1n) is 3.52. The summed E-state index contributed by atoms with van der Waals surface area (Å²) in [6.07, 6.45) is 0.784. The highest BCUT2D eigenvalue weighted by Gasteiger charge is 2.29. The van der Waals surface area contributed by atoms with Crippen LogP contribution in [0.3, 0.4) is 0 Å². The number of hydrogen-bond acceptors (Lipinski definition) is 2. The van der Waals surface area contributed by atoms with Crippen molar-refractivity contribution in [3.05, 3.63) is 0 Å². The Hall–Kier alpha value is -0.0800. The van der Waals surface area contributed by atoms with E-state index in [4.69, 9.17) is 0 Å². The van der Waals surface area contributed by atoms with Crippen LogP contribution in [0.2, 0.25) is 0 Å². The molecule has 1 aliphatic heterocycles. The molecule has 0 aromatic carbocycles. The van der Waals surface area contributed by atoms with Crippen LogP contribution in [0.5, 0.6) is 0 Å². The van der Waals surface area contributed by atoms with Crippen molar-refractivity contribution in [3.8, 4) is 0 Å². The van der Waals surface area contributed by atoms with Crippen LogP contribution in [-0.4, -0.2) is 24.3 Å². The summed E-state index contributed by atoms with van der Waals surface area (Å²) in [5, 5.41) is 12.6. The van der Waals surface area contributed by atoms with E-state index in [0.717, 1.165) is 19.5 Å². The van der Waals surface area contributed by atoms with Crippen molar-refractivity contribution in [3.63, 3.8) is 0 Å². The van der Waals surface area contributed by atoms with Gasteiger partial charge in [0.05, 0.1) is 6.10 Å². The molecule has 1 aliphatic rings. The molecular weight excluding hydrogens is 114 g/mol. The Labute approximate surface area is 56.3 Å². The molecule has 1 rings (SSSR count). The maximum absolute atomic E-state index is 9.40. The van der Waals surface area contributed by atoms with Gasteiger partial charge in [0, 0.05) is 12.0 Å². The van der Waals surface area contributed by atoms with Gasteiger partial charge in [-0.2, -0.15) is 0 Å². The van der Waals surface area contributed by atoms with Crippen molar-refractivity contribution < 1.29 is 5.11 Å². The van der Waals surface area contributed by atoms with E-state index in [1.807, 2.05) is 0 Å². The molecule has 1 unspecified atom stereocenters. The zero-order valence-corrected chi connectivity index (χ0v) is 6.15. The van der Waals surface area contributed by atoms with Gasteiger partial charge in [-0.05, 0) is 13.0 Å². The van der Waals surface area contributed by atoms with Gasteiger partial charge in [0.25, 0.3) is 0 Å². The van der Waals surface area contributed by atoms with E-state index < -0.39 is 0 Å². The smallest absolute Gasteiger partial charge is 0.0615 e. The highest BCUT2D eigenvalue weighted by molar-refractivity contribution is 4.84. The normalized spacial score (nSPS) is 34.3. The molecule has 1 heterocycles. The highest BCUT2D eigenvalue weighted by Crippen LogP contribution is 2.24. The maximum Gasteiger partial charge on any atom is 0.0615 e. The lowest BCUT2D eigenvalue weighted by Gasteiger charge is -2.35. The fourth-order valence-electron chi connectivity index (χ4n) is 1.16. The second-order valence-electron chi connectivity index (χ2n) is 3.47. The van der Waals surface area contributed by atoms with Crippen molar-refractivity contribution in [1.82, 2.24) is 5.32 Å². The lowest BCUT2D eigenvalue weighted by molar-refractivity contribution is 0.0242. The summed E-state index contributed by atoms with van der Waals surface area (Å²) in [6, 6.07) is 0. The van der Waals surface area contributed by atoms with Crippen LogP contribution in [0.25, 0.3) is 0 Å². The van der Waals surface area contributed by atoms with Crippen molar-refractivity contribution in [2.45, 2.75) is 26.4 Å². The molecule has 2 heteroatoms. The van der Waals surface area contributed by atoms with Crippen LogP contribution in [-0.2, 0) is 0 Å². The van der Waals surface area contributed by atoms with Gasteiger partial charge in [-0.3, -0.25) is 0 Å². The number of aliphatic hydroxyl groups is 1. The van der Waals surface area contributed by atoms with Gasteiger partial charge in [0.2, 0.25) is 0 Å². The van der Waals surface area contributed by atoms with Gasteiger partial charge in [-0.25, -0.2) is 0 Å². The van der Waals surface area contributed by atoms with E-state index in [2.05, 4.69) is 19.2 Å². The molecule has 0 amide bonds. The number of rotatable bonds is 0. The third-order valence-corrected chi connectivity index (χ3v) is 2.08. The second-order valence-corrected chi connectivity index (χ2v) is 3.47. The van der Waals surface area contributed by atoms with E-state index in [1.54, 1.807) is 0 Å². The molecule has 2 nitrogen and oxygen atoms in total. The SMILES string of the molecule is CC1(C)CNCCC1O. The molecular formula is C7H15NO. The fourth-order valence-corrected chi connectivity index (χ4v) is 1.16. The van der Waals surface area contributed by atoms with Gasteiger partial charge >= 0.3 is 0 Å². The zero-order valence-electron chi connectivity index (χ0n) is 6.15. The van der Waals surface area contributed by atoms with Crippen LogP contribution in [0.1, 0.15) is 20.3 Å². The molecule has 0 aromatic rings. The van der Waals surface area contributed by atoms with Crippen molar-refractivity contribution in [2.75, 3.05) is 13.1 Å². The van der Waals surface area contributed by atoms with E-state index in [1.165, 1.54) is 0 Å². The van der Waals surface area contributed by atoms with Gasteiger partial charge in [0.15, 0.2) is 0 Å². The molecule has 0 saturated carbocycles. The summed E-state index contributed by atoms with van der Waals surface area (Å²) in [6.45, 7) is 6.08. The standard InChI is InChI=1S/C7H15NO/c1-7(2)5-8-4-3-6(7)9/h6,8-9H,3-5H2,1-2H3. The van der Waals surface area contributed by atoms with Crippen LogP contribution in [0.15, 0.2) is 0 Å². The Morgan fingerprint density at radius 1 is 1.56 bits per heavy atom. The Balaban J connectivity index is 2.49. The molecule has 1 saturated heterocycles. The van der Waals surface area contributed by atoms with Crippen LogP contribution in [0.4, 0.5) is 0 Å². The number of piperidine rings is 1. The lowest BCUT2D eigenvalue weighted by atomic mass is 9.82. The zero-order chi connectivity index (χ0) is 6.91. The van der Waals surface area contributed by atoms with Crippen LogP contribution < -0.4 is 5.32 Å². The highest BCUT2D eigenvalue weighted by atomic mass is 16.3. The van der Waals surface area contributed by atoms with Crippen molar-refractivity contribution in [2.24, 2.45) is 5.41 Å². The second kappa shape index (κ2) is 2.27. The Morgan fingerprint density at radius 3 is 2.56 bits per heavy atom. The summed E-state index contributed by atoms with van der Waals surface area (Å²) in [4.78, 5) is 0. The topological polar surface area (TPSA) is 32.3 Å². The third-order valence-electron chi connectivity index (χ3n) is 2.08. The van der Waals surface area contributed by atoms with E-state index in [9.17, 15) is 5.11 Å². The van der Waals surface area contributed by atoms with Gasteiger partial charge < -0.3 is 10.4 Å². The van der Waals surface area contributed by atoms with E-state index >= 15 is 0 Å². The minimum absolute atomic E-state index is 0.0816. The van der Waals surface area contributed by atoms with Crippen molar-refractivity contribution >= 4 is 0 Å². The first kappa shape index (κ1) is 7.03. The Kier molecular flexibility index (Phi) is 1.78. The molecule has 9 heavy (non-hydrogen) atoms. The lowest BCUT2D eigenvalue weighted by Crippen LogP contribution is -2.45. The van der Waals surface area contributed by atoms with Crippen molar-refractivity contribution in [1.29, 1.82) is 0 Å². The van der Waals surface area contributed by atoms with E-state index in [-0.39, 0.29) is 11.5 Å². The largest absolute Gasteiger partial charge is 0.392 e. The maximum atomic E-state index is 9.40. The minimum atomic E-state index is -0.112. The van der Waals surface area contributed by atoms with E-state index in [0.29, 0.717) is 0 Å². The number of nitrogens with one attached hydrogen (secondary N) is 1. The summed E-state index contributed by atoms with van der Waals surface area (Å²) < 4.78 is 0. The summed E-state index contributed by atoms with van der Waals surface area (Å²) in [5.74, 6) is 0. The predicted molar refractivity (Wildman–Crippen MR) is 37.3 cm³/mol. The molecule has 0 aromatic heterocycles. The number of hydrogen-bond donors (Lipinski definition) is 2. The monoisotopic (exact) mass is 129 g/mol. The summed E-state index contributed by atoms with van der Waals surface area (Å²) >= 11 is 0. The Morgan fingerprint density at radius 2 is 2.22 bits per heavy atom. The first-order chi connectivity index (χ1) is 4.13. The van der Waals surface area contributed by atoms with Gasteiger partial charge in [0.1, 0.15) is 0 Å². The third kappa shape index (κ3) is 1.43. The molecule has 2 N–H and O–H groups in total. The quantitative estimate of drug-likeness (QED) is 0.495. The molecule has 1 atom stereocenters. The molecule has 0 radical (unpaired) electrons. The molecule has 0 aliphatic carbocycles. The molecule has 54 valence electrons. The molecule has 0 bridgehead atoms. The summed E-state index contributed by atoms with van der Waals surface area (Å²) in [7, 11) is 0. The molecule has 0 spiro atoms. The summed E-state index contributed by atoms with van der Waals surface area (Å²) in [5.41, 5.74) is 0.0816. The van der Waals surface area contributed by atoms with Gasteiger partial charge in [-0.15, -0.1) is 0 Å². The average molecular weight is 129 g/mol. The fraction of sp³-hybridized carbons (Fsp3) is 1.00. The number of aliphatic hydroxyl groups excluding tert-OH is 1.